The van der Waals surface area contributed by atoms with Gasteiger partial charge in [0.05, 0.1) is 15.8 Å². The Kier molecular flexibility index (Phi) is 10.1. The molecule has 0 radical (unpaired) electrons. The number of hydrogen-bond acceptors (Lipinski definition) is 4. The number of rotatable bonds is 9. The van der Waals surface area contributed by atoms with Crippen molar-refractivity contribution in [1.82, 2.24) is 9.62 Å². The van der Waals surface area contributed by atoms with Crippen molar-refractivity contribution in [2.45, 2.75) is 24.3 Å². The predicted molar refractivity (Wildman–Crippen MR) is 139 cm³/mol. The van der Waals surface area contributed by atoms with Gasteiger partial charge in [-0.25, -0.2) is 12.7 Å². The molecule has 0 atom stereocenters. The molecule has 1 aliphatic heterocycles. The van der Waals surface area contributed by atoms with Gasteiger partial charge in [-0.1, -0.05) is 58.5 Å². The zero-order valence-corrected chi connectivity index (χ0v) is 22.4. The fraction of sp³-hybridized carbons (Fsp3) is 0.409. The molecule has 0 spiro atoms. The number of nitrogens with zero attached hydrogens (tertiary/aromatic N) is 1. The highest BCUT2D eigenvalue weighted by molar-refractivity contribution is 7.98. The Balaban J connectivity index is 1.39. The molecule has 0 aliphatic carbocycles. The number of hydrogen-bond donors (Lipinski definition) is 1. The molecule has 5 nitrogen and oxygen atoms in total. The van der Waals surface area contributed by atoms with Crippen molar-refractivity contribution in [3.63, 3.8) is 0 Å². The molecule has 1 saturated heterocycles. The fourth-order valence-corrected chi connectivity index (χ4v) is 7.03. The molecular weight excluding hydrogens is 546 g/mol. The van der Waals surface area contributed by atoms with Crippen LogP contribution in [0.25, 0.3) is 0 Å². The smallest absolute Gasteiger partial charge is 0.223 e. The van der Waals surface area contributed by atoms with Crippen LogP contribution < -0.4 is 5.32 Å². The zero-order valence-electron chi connectivity index (χ0n) is 17.7. The maximum atomic E-state index is 12.8. The van der Waals surface area contributed by atoms with Gasteiger partial charge in [-0.2, -0.15) is 11.8 Å². The van der Waals surface area contributed by atoms with Crippen LogP contribution in [0.5, 0.6) is 0 Å². The molecule has 2 aromatic carbocycles. The summed E-state index contributed by atoms with van der Waals surface area (Å²) >= 11 is 25.9. The van der Waals surface area contributed by atoms with Crippen LogP contribution >= 0.6 is 58.2 Å². The Morgan fingerprint density at radius 1 is 1.00 bits per heavy atom. The van der Waals surface area contributed by atoms with Crippen molar-refractivity contribution >= 4 is 74.1 Å². The maximum absolute atomic E-state index is 12.8. The van der Waals surface area contributed by atoms with Crippen molar-refractivity contribution in [2.24, 2.45) is 5.92 Å². The van der Waals surface area contributed by atoms with Gasteiger partial charge in [-0.15, -0.1) is 0 Å². The summed E-state index contributed by atoms with van der Waals surface area (Å²) in [4.78, 5) is 12.5. The zero-order chi connectivity index (χ0) is 24.0. The molecule has 1 heterocycles. The van der Waals surface area contributed by atoms with Crippen LogP contribution in [0.15, 0.2) is 36.4 Å². The van der Waals surface area contributed by atoms with Gasteiger partial charge in [0.15, 0.2) is 0 Å². The second-order valence-electron chi connectivity index (χ2n) is 7.72. The minimum Gasteiger partial charge on any atom is -0.355 e. The SMILES string of the molecule is O=C(NCCSCc1c(Cl)cccc1Cl)C1CCN(S(=O)(=O)Cc2ccc(Cl)c(Cl)c2)CC1. The lowest BCUT2D eigenvalue weighted by atomic mass is 9.97. The summed E-state index contributed by atoms with van der Waals surface area (Å²) in [6, 6.07) is 10.2. The highest BCUT2D eigenvalue weighted by atomic mass is 35.5. The molecule has 33 heavy (non-hydrogen) atoms. The third-order valence-corrected chi connectivity index (χ3v) is 9.69. The number of halogens is 4. The lowest BCUT2D eigenvalue weighted by molar-refractivity contribution is -0.125. The normalized spacial score (nSPS) is 15.5. The summed E-state index contributed by atoms with van der Waals surface area (Å²) in [5.74, 6) is 1.03. The van der Waals surface area contributed by atoms with Crippen molar-refractivity contribution < 1.29 is 13.2 Å². The number of benzene rings is 2. The van der Waals surface area contributed by atoms with E-state index in [1.807, 2.05) is 18.2 Å². The van der Waals surface area contributed by atoms with E-state index in [9.17, 15) is 13.2 Å². The molecule has 1 fully saturated rings. The highest BCUT2D eigenvalue weighted by Crippen LogP contribution is 2.28. The van der Waals surface area contributed by atoms with Gasteiger partial charge in [0.2, 0.25) is 15.9 Å². The van der Waals surface area contributed by atoms with E-state index in [1.54, 1.807) is 30.0 Å². The molecule has 1 amide bonds. The third kappa shape index (κ3) is 7.66. The van der Waals surface area contributed by atoms with Gasteiger partial charge in [-0.3, -0.25) is 4.79 Å². The predicted octanol–water partition coefficient (Wildman–Crippen LogP) is 5.89. The van der Waals surface area contributed by atoms with E-state index < -0.39 is 10.0 Å². The molecule has 0 saturated carbocycles. The largest absolute Gasteiger partial charge is 0.355 e. The molecule has 3 rings (SSSR count). The topological polar surface area (TPSA) is 66.5 Å². The quantitative estimate of drug-likeness (QED) is 0.382. The van der Waals surface area contributed by atoms with Crippen LogP contribution in [-0.2, 0) is 26.3 Å². The van der Waals surface area contributed by atoms with Gasteiger partial charge in [0, 0.05) is 47.1 Å². The minimum atomic E-state index is -3.50. The molecule has 180 valence electrons. The molecule has 0 aromatic heterocycles. The standard InChI is InChI=1S/C22H24Cl4N2O3S2/c23-18-2-1-3-19(24)17(18)13-32-11-8-27-22(29)16-6-9-28(10-7-16)33(30,31)14-15-4-5-20(25)21(26)12-15/h1-5,12,16H,6-11,13-14H2,(H,27,29). The molecule has 2 aromatic rings. The molecule has 0 bridgehead atoms. The lowest BCUT2D eigenvalue weighted by Crippen LogP contribution is -2.43. The van der Waals surface area contributed by atoms with Crippen molar-refractivity contribution in [3.8, 4) is 0 Å². The van der Waals surface area contributed by atoms with Crippen LogP contribution in [0.2, 0.25) is 20.1 Å². The number of nitrogens with one attached hydrogen (secondary N) is 1. The second kappa shape index (κ2) is 12.3. The Hall–Kier alpha value is -0.670. The average molecular weight is 570 g/mol. The number of carbonyl (C=O) groups is 1. The number of thioether (sulfide) groups is 1. The first-order valence-corrected chi connectivity index (χ1v) is 14.6. The Morgan fingerprint density at radius 3 is 2.30 bits per heavy atom. The van der Waals surface area contributed by atoms with Gasteiger partial charge in [-0.05, 0) is 48.2 Å². The summed E-state index contributed by atoms with van der Waals surface area (Å²) in [7, 11) is -3.50. The van der Waals surface area contributed by atoms with Crippen molar-refractivity contribution in [2.75, 3.05) is 25.4 Å². The van der Waals surface area contributed by atoms with E-state index in [2.05, 4.69) is 5.32 Å². The first-order valence-electron chi connectivity index (χ1n) is 10.4. The first kappa shape index (κ1) is 26.9. The summed E-state index contributed by atoms with van der Waals surface area (Å²) in [6.07, 6.45) is 0.990. The van der Waals surface area contributed by atoms with Crippen molar-refractivity contribution in [1.29, 1.82) is 0 Å². The molecule has 1 aliphatic rings. The van der Waals surface area contributed by atoms with Crippen LogP contribution in [0.1, 0.15) is 24.0 Å². The van der Waals surface area contributed by atoms with Gasteiger partial charge in [0.25, 0.3) is 0 Å². The molecule has 11 heteroatoms. The molecular formula is C22H24Cl4N2O3S2. The fourth-order valence-electron chi connectivity index (χ4n) is 3.56. The minimum absolute atomic E-state index is 0.0343. The van der Waals surface area contributed by atoms with Crippen LogP contribution in [0.3, 0.4) is 0 Å². The van der Waals surface area contributed by atoms with E-state index in [4.69, 9.17) is 46.4 Å². The third-order valence-electron chi connectivity index (χ3n) is 5.40. The second-order valence-corrected chi connectivity index (χ2v) is 12.4. The molecule has 1 N–H and O–H groups in total. The number of carbonyl (C=O) groups excluding carboxylic acids is 1. The van der Waals surface area contributed by atoms with E-state index >= 15 is 0 Å². The van der Waals surface area contributed by atoms with Crippen LogP contribution in [0.4, 0.5) is 0 Å². The average Bonchev–Trinajstić information content (AvgIpc) is 2.77. The van der Waals surface area contributed by atoms with E-state index in [0.29, 0.717) is 63.9 Å². The summed E-state index contributed by atoms with van der Waals surface area (Å²) in [6.45, 7) is 1.17. The number of piperidine rings is 1. The summed E-state index contributed by atoms with van der Waals surface area (Å²) in [5.41, 5.74) is 1.48. The Labute approximate surface area is 219 Å². The Morgan fingerprint density at radius 2 is 1.67 bits per heavy atom. The molecule has 0 unspecified atom stereocenters. The van der Waals surface area contributed by atoms with Gasteiger partial charge < -0.3 is 5.32 Å². The first-order chi connectivity index (χ1) is 15.7. The van der Waals surface area contributed by atoms with E-state index in [1.165, 1.54) is 4.31 Å². The number of sulfonamides is 1. The van der Waals surface area contributed by atoms with Crippen molar-refractivity contribution in [3.05, 3.63) is 67.6 Å². The number of amides is 1. The monoisotopic (exact) mass is 568 g/mol. The highest BCUT2D eigenvalue weighted by Gasteiger charge is 2.31. The summed E-state index contributed by atoms with van der Waals surface area (Å²) < 4.78 is 27.0. The summed E-state index contributed by atoms with van der Waals surface area (Å²) in [5, 5.41) is 4.94. The Bertz CT molecular complexity index is 1070. The van der Waals surface area contributed by atoms with Gasteiger partial charge in [0.1, 0.15) is 0 Å². The maximum Gasteiger partial charge on any atom is 0.223 e. The lowest BCUT2D eigenvalue weighted by Gasteiger charge is -2.30. The van der Waals surface area contributed by atoms with Crippen LogP contribution in [0, 0.1) is 5.92 Å². The van der Waals surface area contributed by atoms with Crippen LogP contribution in [-0.4, -0.2) is 44.0 Å². The van der Waals surface area contributed by atoms with E-state index in [-0.39, 0.29) is 17.6 Å². The van der Waals surface area contributed by atoms with E-state index in [0.717, 1.165) is 11.3 Å². The van der Waals surface area contributed by atoms with Gasteiger partial charge >= 0.3 is 0 Å².